The number of carboxylic acids is 3. The minimum Gasteiger partial charge on any atom is -0.780 e. The summed E-state index contributed by atoms with van der Waals surface area (Å²) in [6.45, 7) is 0. The van der Waals surface area contributed by atoms with Crippen molar-refractivity contribution in [1.29, 1.82) is 0 Å². The molecule has 0 bridgehead atoms. The van der Waals surface area contributed by atoms with Gasteiger partial charge < -0.3 is 47.7 Å². The summed E-state index contributed by atoms with van der Waals surface area (Å²) >= 11 is 9.73. The van der Waals surface area contributed by atoms with E-state index in [0.717, 1.165) is 0 Å². The second-order valence-corrected chi connectivity index (χ2v) is 9.83. The monoisotopic (exact) mass is 922 g/mol. The molecule has 0 atom stereocenters. The Balaban J connectivity index is -0.0000000712. The van der Waals surface area contributed by atoms with E-state index in [1.807, 2.05) is 0 Å². The molecule has 30 heavy (non-hydrogen) atoms. The fourth-order valence-electron chi connectivity index (χ4n) is 0.714. The molecule has 0 saturated heterocycles. The molecule has 24 heteroatoms. The Bertz CT molecular complexity index is 720. The van der Waals surface area contributed by atoms with E-state index in [2.05, 4.69) is 33.6 Å². The van der Waals surface area contributed by atoms with Crippen LogP contribution in [0.2, 0.25) is 0 Å². The van der Waals surface area contributed by atoms with Gasteiger partial charge in [-0.1, -0.05) is 0 Å². The molecule has 0 aromatic rings. The molecule has 16 nitrogen and oxygen atoms in total. The number of carboxylic acid groups (broad SMARTS) is 3. The second kappa shape index (κ2) is 19.2. The van der Waals surface area contributed by atoms with Gasteiger partial charge in [0.1, 0.15) is 0 Å². The van der Waals surface area contributed by atoms with Gasteiger partial charge in [-0.05, 0) is 33.6 Å². The number of aliphatic hydroxyl groups is 1. The predicted octanol–water partition coefficient (Wildman–Crippen LogP) is -4.27. The topological polar surface area (TPSA) is 322 Å². The van der Waals surface area contributed by atoms with Crippen molar-refractivity contribution in [2.75, 3.05) is 0 Å². The van der Waals surface area contributed by atoms with E-state index in [1.165, 1.54) is 0 Å². The third-order valence-corrected chi connectivity index (χ3v) is 1.29. The summed E-state index contributed by atoms with van der Waals surface area (Å²) in [7, 11) is -13.0. The third-order valence-electron chi connectivity index (χ3n) is 1.29. The molecule has 0 aliphatic heterocycles. The van der Waals surface area contributed by atoms with Gasteiger partial charge in [0.25, 0.3) is 0 Å². The minimum absolute atomic E-state index is 0. The zero-order chi connectivity index (χ0) is 24.1. The third kappa shape index (κ3) is 78.9. The summed E-state index contributed by atoms with van der Waals surface area (Å²) in [5.74, 6) is -5.02. The van der Waals surface area contributed by atoms with Gasteiger partial charge in [0.05, 0.1) is 12.8 Å². The molecule has 0 aromatic heterocycles. The molecule has 0 aliphatic rings. The van der Waals surface area contributed by atoms with E-state index in [9.17, 15) is 14.4 Å². The van der Waals surface area contributed by atoms with Crippen molar-refractivity contribution in [3.63, 3.8) is 0 Å². The Labute approximate surface area is 214 Å². The SMILES string of the molecule is O=C(O)CC(O)(CC(=O)O)C(=O)O.O=S([O-])([O-])=S.O=S([O-])([O-])=S.O=S([O-])([O-])=S.[Au+3].[Au+3]. The first-order valence-corrected chi connectivity index (χ1v) is 12.2. The van der Waals surface area contributed by atoms with Crippen molar-refractivity contribution in [1.82, 2.24) is 0 Å². The molecule has 0 aliphatic carbocycles. The summed E-state index contributed by atoms with van der Waals surface area (Å²) in [5.41, 5.74) is -2.74. The van der Waals surface area contributed by atoms with Crippen LogP contribution >= 0.6 is 0 Å². The maximum absolute atomic E-state index is 10.3. The van der Waals surface area contributed by atoms with Crippen molar-refractivity contribution in [3.05, 3.63) is 0 Å². The fraction of sp³-hybridized carbons (Fsp3) is 0.500. The van der Waals surface area contributed by atoms with Crippen LogP contribution in [-0.2, 0) is 120 Å². The molecule has 0 unspecified atom stereocenters. The van der Waals surface area contributed by atoms with E-state index in [-0.39, 0.29) is 44.8 Å². The number of carbonyl (C=O) groups is 3. The molecule has 0 rings (SSSR count). The van der Waals surface area contributed by atoms with Crippen molar-refractivity contribution in [2.45, 2.75) is 18.4 Å². The molecule has 186 valence electrons. The van der Waals surface area contributed by atoms with Gasteiger partial charge in [0.2, 0.25) is 0 Å². The average molecular weight is 922 g/mol. The van der Waals surface area contributed by atoms with E-state index in [0.29, 0.717) is 0 Å². The number of rotatable bonds is 5. The number of hydrogen-bond donors (Lipinski definition) is 4. The zero-order valence-electron chi connectivity index (χ0n) is 13.2. The Morgan fingerprint density at radius 1 is 0.667 bits per heavy atom. The van der Waals surface area contributed by atoms with Crippen LogP contribution in [-0.4, -0.2) is 83.9 Å². The van der Waals surface area contributed by atoms with Crippen LogP contribution in [0.1, 0.15) is 12.8 Å². The minimum atomic E-state index is -4.33. The molecular weight excluding hydrogens is 914 g/mol. The molecule has 0 fully saturated rings. The van der Waals surface area contributed by atoms with Gasteiger partial charge in [-0.15, -0.1) is 27.2 Å². The summed E-state index contributed by atoms with van der Waals surface area (Å²) in [4.78, 5) is 30.5. The van der Waals surface area contributed by atoms with Crippen LogP contribution in [0, 0.1) is 0 Å². The van der Waals surface area contributed by atoms with E-state index < -0.39 is 63.5 Å². The van der Waals surface area contributed by atoms with Crippen molar-refractivity contribution in [2.24, 2.45) is 0 Å². The summed E-state index contributed by atoms with van der Waals surface area (Å²) in [6, 6.07) is 0. The Morgan fingerprint density at radius 3 is 0.867 bits per heavy atom. The van der Waals surface area contributed by atoms with Gasteiger partial charge in [-0.25, -0.2) is 4.79 Å². The van der Waals surface area contributed by atoms with Crippen molar-refractivity contribution in [3.8, 4) is 0 Å². The Hall–Kier alpha value is 0.721. The van der Waals surface area contributed by atoms with Gasteiger partial charge in [0, 0.05) is 0 Å². The van der Waals surface area contributed by atoms with Crippen LogP contribution < -0.4 is 0 Å². The second-order valence-electron chi connectivity index (χ2n) is 3.70. The molecule has 0 spiro atoms. The molecule has 0 amide bonds. The van der Waals surface area contributed by atoms with Gasteiger partial charge in [-0.3, -0.25) is 22.2 Å². The number of aliphatic carboxylic acids is 3. The number of hydrogen-bond acceptors (Lipinski definition) is 16. The first kappa shape index (κ1) is 44.4. The van der Waals surface area contributed by atoms with Gasteiger partial charge in [0.15, 0.2) is 5.60 Å². The molecule has 4 N–H and O–H groups in total. The average Bonchev–Trinajstić information content (AvgIpc) is 2.17. The first-order valence-electron chi connectivity index (χ1n) is 5.17. The predicted molar refractivity (Wildman–Crippen MR) is 88.3 cm³/mol. The maximum atomic E-state index is 10.3. The summed E-state index contributed by atoms with van der Waals surface area (Å²) < 4.78 is 80.0. The molecular formula is C6H8Au2O16S6. The normalized spacial score (nSPS) is 10.5. The first-order chi connectivity index (χ1) is 11.8. The molecule has 0 saturated carbocycles. The van der Waals surface area contributed by atoms with Crippen molar-refractivity contribution >= 4 is 78.6 Å². The van der Waals surface area contributed by atoms with Gasteiger partial charge in [-0.2, -0.15) is 0 Å². The molecule has 0 aromatic carbocycles. The Morgan fingerprint density at radius 2 is 0.800 bits per heavy atom. The zero-order valence-corrected chi connectivity index (χ0v) is 22.4. The van der Waals surface area contributed by atoms with Crippen LogP contribution in [0.5, 0.6) is 0 Å². The smallest absolute Gasteiger partial charge is 0.780 e. The van der Waals surface area contributed by atoms with E-state index in [4.69, 9.17) is 60.4 Å². The van der Waals surface area contributed by atoms with Crippen LogP contribution in [0.4, 0.5) is 0 Å². The standard InChI is InChI=1S/C6H8O7.2Au.3H2O3S2/c7-3(8)1-6(13,5(11)12)2-4(9)10;;;3*1-5(2,3)4/h13H,1-2H2,(H,7,8)(H,9,10)(H,11,12);;;3*(H2,1,2,3,4)/q;2*+3;;;/p-6. The molecule has 0 heterocycles. The van der Waals surface area contributed by atoms with Gasteiger partial charge >= 0.3 is 62.7 Å². The molecule has 0 radical (unpaired) electrons. The summed E-state index contributed by atoms with van der Waals surface area (Å²) in [6.07, 6.45) is -2.29. The van der Waals surface area contributed by atoms with Crippen LogP contribution in [0.25, 0.3) is 0 Å². The van der Waals surface area contributed by atoms with E-state index in [1.54, 1.807) is 0 Å². The fourth-order valence-corrected chi connectivity index (χ4v) is 0.714. The maximum Gasteiger partial charge on any atom is 3.00 e. The van der Waals surface area contributed by atoms with Crippen LogP contribution in [0.15, 0.2) is 0 Å². The summed E-state index contributed by atoms with van der Waals surface area (Å²) in [5, 5.41) is 33.8. The van der Waals surface area contributed by atoms with Crippen molar-refractivity contribution < 1.29 is 120 Å². The van der Waals surface area contributed by atoms with Crippen LogP contribution in [0.3, 0.4) is 0 Å². The Kier molecular flexibility index (Phi) is 28.4. The largest absolute Gasteiger partial charge is 3.00 e. The van der Waals surface area contributed by atoms with E-state index >= 15 is 0 Å². The quantitative estimate of drug-likeness (QED) is 0.190.